The molecular weight excluding hydrogens is 328 g/mol. The molecule has 0 atom stereocenters. The van der Waals surface area contributed by atoms with Crippen LogP contribution in [0.3, 0.4) is 0 Å². The van der Waals surface area contributed by atoms with E-state index >= 15 is 0 Å². The monoisotopic (exact) mass is 346 g/mol. The van der Waals surface area contributed by atoms with E-state index in [0.717, 1.165) is 5.56 Å². The molecule has 3 rings (SSSR count). The molecular formula is C21H18N2O3. The second kappa shape index (κ2) is 8.54. The van der Waals surface area contributed by atoms with Crippen molar-refractivity contribution in [1.29, 1.82) is 5.26 Å². The van der Waals surface area contributed by atoms with E-state index in [4.69, 9.17) is 14.4 Å². The van der Waals surface area contributed by atoms with Gasteiger partial charge in [-0.15, -0.1) is 0 Å². The van der Waals surface area contributed by atoms with Crippen LogP contribution >= 0.6 is 0 Å². The number of carbonyl (C=O) groups excluding carboxylic acids is 1. The van der Waals surface area contributed by atoms with Crippen molar-refractivity contribution >= 4 is 5.91 Å². The number of furan rings is 1. The van der Waals surface area contributed by atoms with Crippen LogP contribution in [0.4, 0.5) is 0 Å². The molecule has 0 radical (unpaired) electrons. The zero-order valence-electron chi connectivity index (χ0n) is 14.2. The first-order valence-electron chi connectivity index (χ1n) is 8.22. The van der Waals surface area contributed by atoms with Crippen molar-refractivity contribution in [2.75, 3.05) is 6.61 Å². The van der Waals surface area contributed by atoms with Crippen LogP contribution in [0.5, 0.6) is 5.75 Å². The van der Waals surface area contributed by atoms with E-state index in [-0.39, 0.29) is 12.5 Å². The fourth-order valence-corrected chi connectivity index (χ4v) is 2.54. The third-order valence-corrected chi connectivity index (χ3v) is 3.85. The summed E-state index contributed by atoms with van der Waals surface area (Å²) in [5.74, 6) is 0.922. The molecule has 0 unspecified atom stereocenters. The predicted octanol–water partition coefficient (Wildman–Crippen LogP) is 3.76. The topological polar surface area (TPSA) is 66.5 Å². The molecule has 0 aliphatic carbocycles. The zero-order valence-corrected chi connectivity index (χ0v) is 14.2. The van der Waals surface area contributed by atoms with Gasteiger partial charge >= 0.3 is 0 Å². The normalized spacial score (nSPS) is 10.1. The van der Waals surface area contributed by atoms with E-state index < -0.39 is 0 Å². The van der Waals surface area contributed by atoms with Gasteiger partial charge in [-0.25, -0.2) is 0 Å². The average molecular weight is 346 g/mol. The number of nitrogens with zero attached hydrogens (tertiary/aromatic N) is 2. The summed E-state index contributed by atoms with van der Waals surface area (Å²) in [4.78, 5) is 14.4. The Labute approximate surface area is 152 Å². The second-order valence-corrected chi connectivity index (χ2v) is 5.71. The number of carbonyl (C=O) groups is 1. The van der Waals surface area contributed by atoms with Crippen molar-refractivity contribution in [2.24, 2.45) is 0 Å². The molecule has 0 aliphatic rings. The molecule has 3 aromatic rings. The Bertz CT molecular complexity index is 883. The van der Waals surface area contributed by atoms with Gasteiger partial charge in [0.25, 0.3) is 5.91 Å². The van der Waals surface area contributed by atoms with Crippen molar-refractivity contribution in [3.8, 4) is 11.8 Å². The molecule has 5 nitrogen and oxygen atoms in total. The van der Waals surface area contributed by atoms with Crippen LogP contribution in [0.1, 0.15) is 16.9 Å². The largest absolute Gasteiger partial charge is 0.482 e. The number of rotatable bonds is 7. The molecule has 0 fully saturated rings. The van der Waals surface area contributed by atoms with E-state index in [1.165, 1.54) is 0 Å². The molecule has 1 amide bonds. The second-order valence-electron chi connectivity index (χ2n) is 5.71. The third-order valence-electron chi connectivity index (χ3n) is 3.85. The minimum Gasteiger partial charge on any atom is -0.482 e. The highest BCUT2D eigenvalue weighted by Gasteiger charge is 2.17. The summed E-state index contributed by atoms with van der Waals surface area (Å²) in [6, 6.07) is 22.3. The molecule has 0 spiro atoms. The van der Waals surface area contributed by atoms with Crippen LogP contribution < -0.4 is 4.74 Å². The summed E-state index contributed by atoms with van der Waals surface area (Å²) >= 11 is 0. The number of nitriles is 1. The maximum Gasteiger partial charge on any atom is 0.261 e. The van der Waals surface area contributed by atoms with E-state index in [2.05, 4.69) is 6.07 Å². The van der Waals surface area contributed by atoms with Gasteiger partial charge in [-0.1, -0.05) is 42.5 Å². The molecule has 1 aromatic heterocycles. The Balaban J connectivity index is 1.70. The molecule has 130 valence electrons. The maximum absolute atomic E-state index is 12.7. The van der Waals surface area contributed by atoms with E-state index in [1.54, 1.807) is 41.5 Å². The Hall–Kier alpha value is -3.52. The van der Waals surface area contributed by atoms with Crippen LogP contribution in [0.15, 0.2) is 77.4 Å². The molecule has 0 saturated carbocycles. The average Bonchev–Trinajstić information content (AvgIpc) is 3.20. The highest BCUT2D eigenvalue weighted by Crippen LogP contribution is 2.17. The van der Waals surface area contributed by atoms with Crippen LogP contribution in [-0.2, 0) is 17.9 Å². The van der Waals surface area contributed by atoms with Gasteiger partial charge in [-0.2, -0.15) is 5.26 Å². The molecule has 5 heteroatoms. The molecule has 1 heterocycles. The molecule has 26 heavy (non-hydrogen) atoms. The van der Waals surface area contributed by atoms with Gasteiger partial charge in [0.2, 0.25) is 0 Å². The van der Waals surface area contributed by atoms with E-state index in [9.17, 15) is 4.79 Å². The van der Waals surface area contributed by atoms with Gasteiger partial charge in [0.1, 0.15) is 17.6 Å². The van der Waals surface area contributed by atoms with Gasteiger partial charge in [0.05, 0.1) is 18.4 Å². The minimum atomic E-state index is -0.182. The van der Waals surface area contributed by atoms with Crippen LogP contribution in [-0.4, -0.2) is 17.4 Å². The first-order chi connectivity index (χ1) is 12.8. The number of amides is 1. The number of hydrogen-bond donors (Lipinski definition) is 0. The predicted molar refractivity (Wildman–Crippen MR) is 96.1 cm³/mol. The van der Waals surface area contributed by atoms with Gasteiger partial charge < -0.3 is 14.1 Å². The number of para-hydroxylation sites is 1. The SMILES string of the molecule is N#Cc1ccccc1OCC(=O)N(Cc1ccccc1)Cc1ccco1. The number of benzene rings is 2. The molecule has 0 saturated heterocycles. The Morgan fingerprint density at radius 3 is 2.50 bits per heavy atom. The summed E-state index contributed by atoms with van der Waals surface area (Å²) in [6.07, 6.45) is 1.58. The van der Waals surface area contributed by atoms with Crippen molar-refractivity contribution in [3.63, 3.8) is 0 Å². The van der Waals surface area contributed by atoms with Gasteiger partial charge in [-0.05, 0) is 29.8 Å². The smallest absolute Gasteiger partial charge is 0.261 e. The van der Waals surface area contributed by atoms with Gasteiger partial charge in [0, 0.05) is 6.54 Å². The maximum atomic E-state index is 12.7. The summed E-state index contributed by atoms with van der Waals surface area (Å²) in [5.41, 5.74) is 1.42. The first kappa shape index (κ1) is 17.3. The Kier molecular flexibility index (Phi) is 5.69. The lowest BCUT2D eigenvalue weighted by Crippen LogP contribution is -2.34. The van der Waals surface area contributed by atoms with Gasteiger partial charge in [-0.3, -0.25) is 4.79 Å². The molecule has 0 N–H and O–H groups in total. The summed E-state index contributed by atoms with van der Waals surface area (Å²) in [6.45, 7) is 0.653. The quantitative estimate of drug-likeness (QED) is 0.653. The van der Waals surface area contributed by atoms with Crippen molar-refractivity contribution in [3.05, 3.63) is 89.9 Å². The molecule has 2 aromatic carbocycles. The zero-order chi connectivity index (χ0) is 18.2. The summed E-state index contributed by atoms with van der Waals surface area (Å²) in [7, 11) is 0. The third kappa shape index (κ3) is 4.52. The van der Waals surface area contributed by atoms with Crippen LogP contribution in [0.2, 0.25) is 0 Å². The highest BCUT2D eigenvalue weighted by molar-refractivity contribution is 5.77. The Morgan fingerprint density at radius 2 is 1.77 bits per heavy atom. The number of ether oxygens (including phenoxy) is 1. The number of hydrogen-bond acceptors (Lipinski definition) is 4. The van der Waals surface area contributed by atoms with E-state index in [1.807, 2.05) is 36.4 Å². The molecule has 0 bridgehead atoms. The van der Waals surface area contributed by atoms with Crippen LogP contribution in [0, 0.1) is 11.3 Å². The lowest BCUT2D eigenvalue weighted by atomic mass is 10.2. The fourth-order valence-electron chi connectivity index (χ4n) is 2.54. The first-order valence-corrected chi connectivity index (χ1v) is 8.22. The standard InChI is InChI=1S/C21H18N2O3/c22-13-18-9-4-5-11-20(18)26-16-21(24)23(15-19-10-6-12-25-19)14-17-7-2-1-3-8-17/h1-12H,14-16H2. The van der Waals surface area contributed by atoms with Gasteiger partial charge in [0.15, 0.2) is 6.61 Å². The van der Waals surface area contributed by atoms with E-state index in [0.29, 0.717) is 30.2 Å². The van der Waals surface area contributed by atoms with Crippen molar-refractivity contribution < 1.29 is 13.9 Å². The molecule has 0 aliphatic heterocycles. The lowest BCUT2D eigenvalue weighted by molar-refractivity contribution is -0.134. The van der Waals surface area contributed by atoms with Crippen molar-refractivity contribution in [1.82, 2.24) is 4.90 Å². The fraction of sp³-hybridized carbons (Fsp3) is 0.143. The minimum absolute atomic E-state index is 0.147. The Morgan fingerprint density at radius 1 is 1.00 bits per heavy atom. The summed E-state index contributed by atoms with van der Waals surface area (Å²) < 4.78 is 11.0. The van der Waals surface area contributed by atoms with Crippen LogP contribution in [0.25, 0.3) is 0 Å². The summed E-state index contributed by atoms with van der Waals surface area (Å²) in [5, 5.41) is 9.12. The lowest BCUT2D eigenvalue weighted by Gasteiger charge is -2.22. The van der Waals surface area contributed by atoms with Crippen molar-refractivity contribution in [2.45, 2.75) is 13.1 Å². The highest BCUT2D eigenvalue weighted by atomic mass is 16.5.